The van der Waals surface area contributed by atoms with Crippen molar-refractivity contribution < 1.29 is 17.9 Å². The van der Waals surface area contributed by atoms with E-state index >= 15 is 0 Å². The summed E-state index contributed by atoms with van der Waals surface area (Å²) in [4.78, 5) is 15.6. The summed E-state index contributed by atoms with van der Waals surface area (Å²) in [6.45, 7) is 1.17. The van der Waals surface area contributed by atoms with Crippen molar-refractivity contribution in [3.63, 3.8) is 0 Å². The molecule has 0 bridgehead atoms. The van der Waals surface area contributed by atoms with E-state index in [0.29, 0.717) is 19.6 Å². The van der Waals surface area contributed by atoms with E-state index < -0.39 is 21.2 Å². The van der Waals surface area contributed by atoms with E-state index in [1.165, 1.54) is 11.3 Å². The number of amides is 1. The maximum absolute atomic E-state index is 13.1. The van der Waals surface area contributed by atoms with Crippen molar-refractivity contribution >= 4 is 27.1 Å². The molecule has 0 spiro atoms. The summed E-state index contributed by atoms with van der Waals surface area (Å²) in [5.41, 5.74) is 2.04. The Morgan fingerprint density at radius 2 is 2.00 bits per heavy atom. The Hall–Kier alpha value is -1.70. The summed E-state index contributed by atoms with van der Waals surface area (Å²) >= 11 is 1.46. The smallest absolute Gasteiger partial charge is 0.256 e. The Morgan fingerprint density at radius 3 is 2.81 bits per heavy atom. The number of hydrogen-bond acceptors (Lipinski definition) is 5. The van der Waals surface area contributed by atoms with Crippen molar-refractivity contribution in [2.75, 3.05) is 25.4 Å². The lowest BCUT2D eigenvalue weighted by Crippen LogP contribution is -2.39. The van der Waals surface area contributed by atoms with Crippen molar-refractivity contribution in [2.24, 2.45) is 0 Å². The van der Waals surface area contributed by atoms with Crippen LogP contribution in [0.5, 0.6) is 0 Å². The molecule has 2 atom stereocenters. The number of ether oxygens (including phenoxy) is 1. The van der Waals surface area contributed by atoms with E-state index in [0.717, 1.165) is 22.4 Å². The van der Waals surface area contributed by atoms with E-state index in [1.807, 2.05) is 41.8 Å². The maximum atomic E-state index is 13.1. The zero-order valence-electron chi connectivity index (χ0n) is 14.3. The molecule has 0 aliphatic carbocycles. The number of hydrogen-bond donors (Lipinski definition) is 0. The van der Waals surface area contributed by atoms with Crippen LogP contribution in [0.25, 0.3) is 0 Å². The number of thiophene rings is 1. The van der Waals surface area contributed by atoms with Gasteiger partial charge in [-0.1, -0.05) is 30.3 Å². The molecule has 0 saturated carbocycles. The zero-order valence-corrected chi connectivity index (χ0v) is 16.0. The van der Waals surface area contributed by atoms with Gasteiger partial charge in [0.15, 0.2) is 15.9 Å². The number of sulfone groups is 1. The predicted octanol–water partition coefficient (Wildman–Crippen LogP) is 2.75. The molecule has 0 N–H and O–H groups in total. The van der Waals surface area contributed by atoms with Crippen LogP contribution in [0.2, 0.25) is 0 Å². The van der Waals surface area contributed by atoms with Crippen LogP contribution in [0, 0.1) is 0 Å². The summed E-state index contributed by atoms with van der Waals surface area (Å²) in [6.07, 6.45) is 0.610. The Labute approximate surface area is 157 Å². The molecule has 1 aromatic carbocycles. The minimum atomic E-state index is -3.26. The van der Waals surface area contributed by atoms with Gasteiger partial charge in [-0.3, -0.25) is 4.79 Å². The molecule has 2 aromatic rings. The van der Waals surface area contributed by atoms with Crippen LogP contribution in [-0.2, 0) is 25.8 Å². The topological polar surface area (TPSA) is 63.7 Å². The van der Waals surface area contributed by atoms with Gasteiger partial charge < -0.3 is 9.64 Å². The Bertz CT molecular complexity index is 892. The van der Waals surface area contributed by atoms with E-state index in [9.17, 15) is 13.2 Å². The minimum Gasteiger partial charge on any atom is -0.363 e. The van der Waals surface area contributed by atoms with E-state index in [4.69, 9.17) is 4.74 Å². The number of fused-ring (bicyclic) bond motifs is 1. The predicted molar refractivity (Wildman–Crippen MR) is 101 cm³/mol. The molecule has 4 rings (SSSR count). The first kappa shape index (κ1) is 17.7. The number of carbonyl (C=O) groups excluding carboxylic acids is 1. The number of rotatable bonds is 2. The van der Waals surface area contributed by atoms with Crippen molar-refractivity contribution in [2.45, 2.75) is 24.2 Å². The minimum absolute atomic E-state index is 0.00429. The van der Waals surface area contributed by atoms with Gasteiger partial charge in [-0.15, -0.1) is 11.3 Å². The molecule has 1 saturated heterocycles. The van der Waals surface area contributed by atoms with Gasteiger partial charge in [0.05, 0.1) is 17.6 Å². The first-order valence-electron chi connectivity index (χ1n) is 8.79. The average molecular weight is 392 g/mol. The van der Waals surface area contributed by atoms with Gasteiger partial charge in [-0.25, -0.2) is 8.42 Å². The van der Waals surface area contributed by atoms with Crippen LogP contribution in [0.1, 0.15) is 33.8 Å². The molecular weight excluding hydrogens is 370 g/mol. The normalized spacial score (nSPS) is 25.3. The second-order valence-corrected chi connectivity index (χ2v) is 9.97. The largest absolute Gasteiger partial charge is 0.363 e. The molecule has 138 valence electrons. The van der Waals surface area contributed by atoms with Gasteiger partial charge >= 0.3 is 0 Å². The lowest BCUT2D eigenvalue weighted by Gasteiger charge is -2.30. The highest BCUT2D eigenvalue weighted by molar-refractivity contribution is 7.91. The Kier molecular flexibility index (Phi) is 4.86. The summed E-state index contributed by atoms with van der Waals surface area (Å²) in [5, 5.41) is 1.38. The quantitative estimate of drug-likeness (QED) is 0.790. The van der Waals surface area contributed by atoms with Gasteiger partial charge in [0, 0.05) is 18.0 Å². The fourth-order valence-corrected chi connectivity index (χ4v) is 6.73. The van der Waals surface area contributed by atoms with Crippen molar-refractivity contribution in [1.82, 2.24) is 4.90 Å². The second kappa shape index (κ2) is 7.13. The van der Waals surface area contributed by atoms with Gasteiger partial charge in [0.25, 0.3) is 5.91 Å². The molecule has 3 heterocycles. The molecular formula is C19H21NO4S2. The summed E-state index contributed by atoms with van der Waals surface area (Å²) in [7, 11) is -3.26. The highest BCUT2D eigenvalue weighted by atomic mass is 32.2. The molecule has 5 nitrogen and oxygen atoms in total. The molecule has 1 fully saturated rings. The summed E-state index contributed by atoms with van der Waals surface area (Å²) < 4.78 is 31.1. The van der Waals surface area contributed by atoms with Crippen molar-refractivity contribution in [1.29, 1.82) is 0 Å². The molecule has 1 amide bonds. The molecule has 1 aromatic heterocycles. The fraction of sp³-hybridized carbons (Fsp3) is 0.421. The SMILES string of the molecule is O=C([C@H]1OCCc2ccccc21)N1CC[C@H](c2cccs2)S(=O)(=O)CC1. The molecule has 0 radical (unpaired) electrons. The highest BCUT2D eigenvalue weighted by Gasteiger charge is 2.36. The monoisotopic (exact) mass is 391 g/mol. The lowest BCUT2D eigenvalue weighted by atomic mass is 9.97. The van der Waals surface area contributed by atoms with E-state index in [1.54, 1.807) is 4.90 Å². The van der Waals surface area contributed by atoms with Crippen LogP contribution in [0.15, 0.2) is 41.8 Å². The van der Waals surface area contributed by atoms with Crippen LogP contribution >= 0.6 is 11.3 Å². The number of benzene rings is 1. The van der Waals surface area contributed by atoms with Gasteiger partial charge in [0.1, 0.15) is 0 Å². The van der Waals surface area contributed by atoms with E-state index in [2.05, 4.69) is 0 Å². The van der Waals surface area contributed by atoms with Crippen LogP contribution in [0.3, 0.4) is 0 Å². The average Bonchev–Trinajstić information content (AvgIpc) is 3.12. The third kappa shape index (κ3) is 3.31. The van der Waals surface area contributed by atoms with E-state index in [-0.39, 0.29) is 18.2 Å². The zero-order chi connectivity index (χ0) is 18.1. The Balaban J connectivity index is 1.55. The van der Waals surface area contributed by atoms with Gasteiger partial charge in [-0.05, 0) is 35.4 Å². The molecule has 2 aliphatic rings. The third-order valence-corrected chi connectivity index (χ3v) is 8.37. The second-order valence-electron chi connectivity index (χ2n) is 6.68. The van der Waals surface area contributed by atoms with Crippen LogP contribution in [0.4, 0.5) is 0 Å². The van der Waals surface area contributed by atoms with Crippen LogP contribution < -0.4 is 0 Å². The first-order chi connectivity index (χ1) is 12.6. The molecule has 0 unspecified atom stereocenters. The molecule has 26 heavy (non-hydrogen) atoms. The summed E-state index contributed by atoms with van der Waals surface area (Å²) in [6, 6.07) is 11.6. The Morgan fingerprint density at radius 1 is 1.15 bits per heavy atom. The molecule has 2 aliphatic heterocycles. The number of carbonyl (C=O) groups is 1. The maximum Gasteiger partial charge on any atom is 0.256 e. The standard InChI is InChI=1S/C19H21NO4S2/c21-19(18-15-5-2-1-4-14(15)8-11-24-18)20-9-7-17(16-6-3-12-25-16)26(22,23)13-10-20/h1-6,12,17-18H,7-11,13H2/t17-,18+/m1/s1. The molecule has 7 heteroatoms. The van der Waals surface area contributed by atoms with Crippen molar-refractivity contribution in [3.05, 3.63) is 57.8 Å². The highest BCUT2D eigenvalue weighted by Crippen LogP contribution is 2.34. The summed E-state index contributed by atoms with van der Waals surface area (Å²) in [5.74, 6) is -0.130. The van der Waals surface area contributed by atoms with Crippen molar-refractivity contribution in [3.8, 4) is 0 Å². The third-order valence-electron chi connectivity index (χ3n) is 5.13. The number of nitrogens with zero attached hydrogens (tertiary/aromatic N) is 1. The first-order valence-corrected chi connectivity index (χ1v) is 11.4. The lowest BCUT2D eigenvalue weighted by molar-refractivity contribution is -0.144. The van der Waals surface area contributed by atoms with Gasteiger partial charge in [-0.2, -0.15) is 0 Å². The fourth-order valence-electron chi connectivity index (χ4n) is 3.72. The van der Waals surface area contributed by atoms with Crippen LogP contribution in [-0.4, -0.2) is 44.7 Å². The van der Waals surface area contributed by atoms with Gasteiger partial charge in [0.2, 0.25) is 0 Å².